The molecule has 0 radical (unpaired) electrons. The van der Waals surface area contributed by atoms with Gasteiger partial charge < -0.3 is 9.47 Å². The number of nitrogens with zero attached hydrogens (tertiary/aromatic N) is 3. The number of pyridine rings is 1. The van der Waals surface area contributed by atoms with Crippen molar-refractivity contribution < 1.29 is 13.9 Å². The minimum atomic E-state index is -0.289. The topological polar surface area (TPSA) is 49.2 Å². The molecule has 1 aliphatic carbocycles. The highest BCUT2D eigenvalue weighted by Gasteiger charge is 2.32. The number of halogens is 1. The second-order valence-corrected chi connectivity index (χ2v) is 7.15. The molecule has 0 unspecified atom stereocenters. The van der Waals surface area contributed by atoms with Crippen LogP contribution in [0.5, 0.6) is 11.5 Å². The van der Waals surface area contributed by atoms with Crippen molar-refractivity contribution in [3.63, 3.8) is 0 Å². The molecule has 2 aliphatic rings. The second-order valence-electron chi connectivity index (χ2n) is 7.15. The van der Waals surface area contributed by atoms with Gasteiger partial charge in [0, 0.05) is 35.5 Å². The zero-order valence-corrected chi connectivity index (χ0v) is 14.9. The molecule has 1 saturated carbocycles. The van der Waals surface area contributed by atoms with Crippen molar-refractivity contribution in [1.82, 2.24) is 14.5 Å². The van der Waals surface area contributed by atoms with E-state index in [9.17, 15) is 0 Å². The molecule has 6 heteroatoms. The largest absolute Gasteiger partial charge is 0.454 e. The third kappa shape index (κ3) is 2.30. The minimum Gasteiger partial charge on any atom is -0.454 e. The van der Waals surface area contributed by atoms with E-state index < -0.39 is 0 Å². The Balaban J connectivity index is 1.63. The second kappa shape index (κ2) is 5.79. The lowest BCUT2D eigenvalue weighted by Gasteiger charge is -2.11. The van der Waals surface area contributed by atoms with Crippen LogP contribution in [0.15, 0.2) is 54.9 Å². The fourth-order valence-corrected chi connectivity index (χ4v) is 3.79. The third-order valence-corrected chi connectivity index (χ3v) is 5.31. The third-order valence-electron chi connectivity index (χ3n) is 5.31. The average Bonchev–Trinajstić information content (AvgIpc) is 3.33. The predicted octanol–water partition coefficient (Wildman–Crippen LogP) is 4.83. The van der Waals surface area contributed by atoms with E-state index in [1.807, 2.05) is 41.0 Å². The lowest BCUT2D eigenvalue weighted by atomic mass is 10.1. The van der Waals surface area contributed by atoms with Crippen LogP contribution < -0.4 is 9.47 Å². The molecule has 0 bridgehead atoms. The fraction of sp³-hybridized carbons (Fsp3) is 0.182. The van der Waals surface area contributed by atoms with Gasteiger partial charge in [0.25, 0.3) is 0 Å². The molecule has 138 valence electrons. The Morgan fingerprint density at radius 1 is 1.04 bits per heavy atom. The summed E-state index contributed by atoms with van der Waals surface area (Å²) in [5, 5.41) is 0. The molecular weight excluding hydrogens is 357 g/mol. The Morgan fingerprint density at radius 2 is 1.93 bits per heavy atom. The van der Waals surface area contributed by atoms with Gasteiger partial charge in [0.2, 0.25) is 6.79 Å². The number of hydrogen-bond donors (Lipinski definition) is 0. The smallest absolute Gasteiger partial charge is 0.231 e. The number of ether oxygens (including phenoxy) is 2. The highest BCUT2D eigenvalue weighted by molar-refractivity contribution is 5.85. The van der Waals surface area contributed by atoms with Crippen LogP contribution >= 0.6 is 0 Å². The van der Waals surface area contributed by atoms with Gasteiger partial charge in [-0.1, -0.05) is 6.07 Å². The lowest BCUT2D eigenvalue weighted by molar-refractivity contribution is 0.174. The van der Waals surface area contributed by atoms with Gasteiger partial charge in [-0.25, -0.2) is 9.37 Å². The SMILES string of the molecule is Fc1c(-c2cccnc2)ccc2nc(C3CC3)n(-c3ccc4c(c3)OCO4)c12. The maximum Gasteiger partial charge on any atom is 0.231 e. The molecule has 28 heavy (non-hydrogen) atoms. The first-order valence-electron chi connectivity index (χ1n) is 9.31. The standard InChI is InChI=1S/C22H16FN3O2/c23-20-16(14-2-1-9-24-11-14)6-7-17-21(20)26(22(25-17)13-3-4-13)15-5-8-18-19(10-15)28-12-27-18/h1-2,5-11,13H,3-4,12H2. The zero-order valence-electron chi connectivity index (χ0n) is 14.9. The summed E-state index contributed by atoms with van der Waals surface area (Å²) in [6, 6.07) is 13.0. The van der Waals surface area contributed by atoms with Crippen molar-refractivity contribution >= 4 is 11.0 Å². The molecule has 2 aromatic heterocycles. The summed E-state index contributed by atoms with van der Waals surface area (Å²) in [6.45, 7) is 0.207. The van der Waals surface area contributed by atoms with Crippen molar-refractivity contribution in [3.05, 3.63) is 66.5 Å². The van der Waals surface area contributed by atoms with E-state index in [0.29, 0.717) is 34.0 Å². The summed E-state index contributed by atoms with van der Waals surface area (Å²) in [5.41, 5.74) is 3.24. The molecule has 2 aromatic carbocycles. The van der Waals surface area contributed by atoms with E-state index in [4.69, 9.17) is 14.5 Å². The van der Waals surface area contributed by atoms with Gasteiger partial charge in [0.15, 0.2) is 17.3 Å². The quantitative estimate of drug-likeness (QED) is 0.516. The fourth-order valence-electron chi connectivity index (χ4n) is 3.79. The van der Waals surface area contributed by atoms with Gasteiger partial charge in [-0.15, -0.1) is 0 Å². The number of benzene rings is 2. The van der Waals surface area contributed by atoms with Gasteiger partial charge in [-0.3, -0.25) is 9.55 Å². The first-order valence-corrected chi connectivity index (χ1v) is 9.31. The number of fused-ring (bicyclic) bond motifs is 2. The Morgan fingerprint density at radius 3 is 2.75 bits per heavy atom. The van der Waals surface area contributed by atoms with Crippen molar-refractivity contribution in [3.8, 4) is 28.3 Å². The van der Waals surface area contributed by atoms with Crippen LogP contribution in [-0.4, -0.2) is 21.3 Å². The molecule has 1 aliphatic heterocycles. The minimum absolute atomic E-state index is 0.207. The Kier molecular flexibility index (Phi) is 3.23. The van der Waals surface area contributed by atoms with E-state index in [1.165, 1.54) is 0 Å². The molecule has 3 heterocycles. The van der Waals surface area contributed by atoms with E-state index in [0.717, 1.165) is 29.9 Å². The maximum absolute atomic E-state index is 15.7. The Bertz CT molecular complexity index is 1220. The number of hydrogen-bond acceptors (Lipinski definition) is 4. The Labute approximate surface area is 160 Å². The van der Waals surface area contributed by atoms with Gasteiger partial charge in [-0.2, -0.15) is 0 Å². The van der Waals surface area contributed by atoms with E-state index in [1.54, 1.807) is 18.5 Å². The average molecular weight is 373 g/mol. The maximum atomic E-state index is 15.7. The van der Waals surface area contributed by atoms with Crippen molar-refractivity contribution in [1.29, 1.82) is 0 Å². The van der Waals surface area contributed by atoms with Crippen LogP contribution in [0.1, 0.15) is 24.6 Å². The van der Waals surface area contributed by atoms with Gasteiger partial charge in [0.05, 0.1) is 11.2 Å². The van der Waals surface area contributed by atoms with E-state index in [-0.39, 0.29) is 12.6 Å². The van der Waals surface area contributed by atoms with E-state index in [2.05, 4.69) is 4.98 Å². The molecule has 0 N–H and O–H groups in total. The molecule has 1 fully saturated rings. The molecule has 0 atom stereocenters. The monoisotopic (exact) mass is 373 g/mol. The van der Waals surface area contributed by atoms with Crippen LogP contribution in [0.3, 0.4) is 0 Å². The summed E-state index contributed by atoms with van der Waals surface area (Å²) >= 11 is 0. The number of rotatable bonds is 3. The van der Waals surface area contributed by atoms with Crippen LogP contribution in [-0.2, 0) is 0 Å². The number of aromatic nitrogens is 3. The van der Waals surface area contributed by atoms with Gasteiger partial charge in [-0.05, 0) is 43.2 Å². The first-order chi connectivity index (χ1) is 13.8. The highest BCUT2D eigenvalue weighted by atomic mass is 19.1. The molecular formula is C22H16FN3O2. The van der Waals surface area contributed by atoms with E-state index >= 15 is 4.39 Å². The first kappa shape index (κ1) is 15.6. The zero-order chi connectivity index (χ0) is 18.7. The molecule has 0 spiro atoms. The summed E-state index contributed by atoms with van der Waals surface area (Å²) < 4.78 is 28.6. The van der Waals surface area contributed by atoms with Crippen molar-refractivity contribution in [2.24, 2.45) is 0 Å². The van der Waals surface area contributed by atoms with Crippen LogP contribution in [0.25, 0.3) is 27.8 Å². The molecule has 0 amide bonds. The van der Waals surface area contributed by atoms with Crippen LogP contribution in [0.2, 0.25) is 0 Å². The van der Waals surface area contributed by atoms with Gasteiger partial charge >= 0.3 is 0 Å². The van der Waals surface area contributed by atoms with Gasteiger partial charge in [0.1, 0.15) is 11.3 Å². The summed E-state index contributed by atoms with van der Waals surface area (Å²) in [6.07, 6.45) is 5.51. The summed E-state index contributed by atoms with van der Waals surface area (Å²) in [4.78, 5) is 8.90. The molecule has 0 saturated heterocycles. The molecule has 6 rings (SSSR count). The molecule has 5 nitrogen and oxygen atoms in total. The van der Waals surface area contributed by atoms with Crippen LogP contribution in [0, 0.1) is 5.82 Å². The summed E-state index contributed by atoms with van der Waals surface area (Å²) in [5.74, 6) is 2.35. The highest BCUT2D eigenvalue weighted by Crippen LogP contribution is 2.44. The van der Waals surface area contributed by atoms with Crippen LogP contribution in [0.4, 0.5) is 4.39 Å². The normalized spacial score (nSPS) is 15.3. The summed E-state index contributed by atoms with van der Waals surface area (Å²) in [7, 11) is 0. The number of imidazole rings is 1. The predicted molar refractivity (Wildman–Crippen MR) is 102 cm³/mol. The van der Waals surface area contributed by atoms with Crippen molar-refractivity contribution in [2.75, 3.05) is 6.79 Å². The molecule has 4 aromatic rings. The Hall–Kier alpha value is -3.41. The lowest BCUT2D eigenvalue weighted by Crippen LogP contribution is -2.02. The van der Waals surface area contributed by atoms with Crippen molar-refractivity contribution in [2.45, 2.75) is 18.8 Å².